The Kier molecular flexibility index (Phi) is 3.62. The number of benzene rings is 3. The maximum atomic E-state index is 5.02. The van der Waals surface area contributed by atoms with E-state index in [0.29, 0.717) is 0 Å². The van der Waals surface area contributed by atoms with Gasteiger partial charge in [0.25, 0.3) is 0 Å². The van der Waals surface area contributed by atoms with Crippen LogP contribution in [0.2, 0.25) is 0 Å². The lowest BCUT2D eigenvalue weighted by Gasteiger charge is -2.11. The Morgan fingerprint density at radius 1 is 0.885 bits per heavy atom. The zero-order chi connectivity index (χ0) is 17.8. The lowest BCUT2D eigenvalue weighted by molar-refractivity contribution is 1.16. The third kappa shape index (κ3) is 2.38. The Balaban J connectivity index is 2.03. The highest BCUT2D eigenvalue weighted by atomic mass is 79.9. The number of para-hydroxylation sites is 2. The molecule has 26 heavy (non-hydrogen) atoms. The Bertz CT molecular complexity index is 1300. The van der Waals surface area contributed by atoms with Crippen LogP contribution in [0, 0.1) is 6.92 Å². The molecule has 5 aromatic rings. The summed E-state index contributed by atoms with van der Waals surface area (Å²) in [6, 6.07) is 20.7. The first-order valence-corrected chi connectivity index (χ1v) is 9.83. The van der Waals surface area contributed by atoms with Gasteiger partial charge >= 0.3 is 0 Å². The van der Waals surface area contributed by atoms with E-state index >= 15 is 0 Å². The van der Waals surface area contributed by atoms with E-state index in [1.807, 2.05) is 24.3 Å². The van der Waals surface area contributed by atoms with Gasteiger partial charge < -0.3 is 0 Å². The molecular weight excluding hydrogens is 454 g/mol. The lowest BCUT2D eigenvalue weighted by Crippen LogP contribution is -1.98. The highest BCUT2D eigenvalue weighted by molar-refractivity contribution is 9.11. The third-order valence-corrected chi connectivity index (χ3v) is 5.63. The van der Waals surface area contributed by atoms with E-state index in [1.165, 1.54) is 5.56 Å². The quantitative estimate of drug-likeness (QED) is 0.281. The third-order valence-electron chi connectivity index (χ3n) is 4.57. The average Bonchev–Trinajstić information content (AvgIpc) is 3.02. The van der Waals surface area contributed by atoms with E-state index in [9.17, 15) is 0 Å². The van der Waals surface area contributed by atoms with Crippen LogP contribution in [0.25, 0.3) is 39.0 Å². The summed E-state index contributed by atoms with van der Waals surface area (Å²) < 4.78 is 4.10. The minimum Gasteiger partial charge on any atom is -0.276 e. The predicted molar refractivity (Wildman–Crippen MR) is 114 cm³/mol. The average molecular weight is 467 g/mol. The monoisotopic (exact) mass is 465 g/mol. The molecule has 2 heterocycles. The minimum atomic E-state index is 0.893. The molecule has 0 N–H and O–H groups in total. The van der Waals surface area contributed by atoms with E-state index in [-0.39, 0.29) is 0 Å². The Morgan fingerprint density at radius 2 is 1.65 bits per heavy atom. The van der Waals surface area contributed by atoms with Gasteiger partial charge in [-0.25, -0.2) is 9.97 Å². The Labute approximate surface area is 167 Å². The van der Waals surface area contributed by atoms with E-state index < -0.39 is 0 Å². The van der Waals surface area contributed by atoms with Gasteiger partial charge in [-0.3, -0.25) is 4.40 Å². The van der Waals surface area contributed by atoms with Crippen molar-refractivity contribution in [2.75, 3.05) is 0 Å². The van der Waals surface area contributed by atoms with Gasteiger partial charge in [0.15, 0.2) is 0 Å². The van der Waals surface area contributed by atoms with Crippen molar-refractivity contribution in [3.63, 3.8) is 0 Å². The number of hydrogen-bond acceptors (Lipinski definition) is 2. The van der Waals surface area contributed by atoms with Gasteiger partial charge in [-0.1, -0.05) is 57.9 Å². The van der Waals surface area contributed by atoms with Gasteiger partial charge in [0.1, 0.15) is 11.5 Å². The first-order valence-electron chi connectivity index (χ1n) is 8.25. The molecular formula is C21H13Br2N3. The molecule has 0 fully saturated rings. The second-order valence-corrected chi connectivity index (χ2v) is 8.11. The fourth-order valence-corrected chi connectivity index (χ4v) is 4.64. The molecule has 0 amide bonds. The molecule has 0 radical (unpaired) electrons. The highest BCUT2D eigenvalue weighted by Crippen LogP contribution is 2.34. The van der Waals surface area contributed by atoms with Gasteiger partial charge in [-0.2, -0.15) is 0 Å². The second-order valence-electron chi connectivity index (χ2n) is 6.34. The van der Waals surface area contributed by atoms with Crippen LogP contribution in [0.3, 0.4) is 0 Å². The van der Waals surface area contributed by atoms with Crippen molar-refractivity contribution in [2.45, 2.75) is 6.92 Å². The van der Waals surface area contributed by atoms with Crippen LogP contribution in [-0.4, -0.2) is 14.4 Å². The topological polar surface area (TPSA) is 30.2 Å². The molecule has 126 valence electrons. The van der Waals surface area contributed by atoms with Gasteiger partial charge in [-0.05, 0) is 47.1 Å². The number of fused-ring (bicyclic) bond motifs is 5. The summed E-state index contributed by atoms with van der Waals surface area (Å²) in [6.45, 7) is 2.09. The van der Waals surface area contributed by atoms with Crippen molar-refractivity contribution in [3.05, 3.63) is 75.2 Å². The first kappa shape index (κ1) is 16.0. The van der Waals surface area contributed by atoms with Crippen molar-refractivity contribution in [3.8, 4) is 11.4 Å². The van der Waals surface area contributed by atoms with Gasteiger partial charge in [0.05, 0.1) is 16.6 Å². The van der Waals surface area contributed by atoms with Crippen LogP contribution >= 0.6 is 31.9 Å². The van der Waals surface area contributed by atoms with E-state index in [0.717, 1.165) is 47.9 Å². The van der Waals surface area contributed by atoms with Crippen LogP contribution < -0.4 is 0 Å². The van der Waals surface area contributed by atoms with Crippen molar-refractivity contribution in [1.29, 1.82) is 0 Å². The first-order chi connectivity index (χ1) is 12.6. The minimum absolute atomic E-state index is 0.893. The number of imidazole rings is 1. The predicted octanol–water partition coefficient (Wildman–Crippen LogP) is 6.54. The summed E-state index contributed by atoms with van der Waals surface area (Å²) in [5.41, 5.74) is 6.14. The molecule has 3 nitrogen and oxygen atoms in total. The summed E-state index contributed by atoms with van der Waals surface area (Å²) in [7, 11) is 0. The summed E-state index contributed by atoms with van der Waals surface area (Å²) in [5.74, 6) is 0.893. The second kappa shape index (κ2) is 5.89. The van der Waals surface area contributed by atoms with Gasteiger partial charge in [-0.15, -0.1) is 0 Å². The van der Waals surface area contributed by atoms with Crippen LogP contribution in [-0.2, 0) is 0 Å². The zero-order valence-electron chi connectivity index (χ0n) is 13.9. The number of halogens is 2. The van der Waals surface area contributed by atoms with Crippen molar-refractivity contribution in [2.24, 2.45) is 0 Å². The molecule has 0 unspecified atom stereocenters. The molecule has 0 spiro atoms. The van der Waals surface area contributed by atoms with Crippen LogP contribution in [0.15, 0.2) is 69.6 Å². The van der Waals surface area contributed by atoms with Crippen molar-refractivity contribution in [1.82, 2.24) is 14.4 Å². The highest BCUT2D eigenvalue weighted by Gasteiger charge is 2.17. The molecule has 5 rings (SSSR count). The molecule has 3 aromatic carbocycles. The Hall–Kier alpha value is -2.24. The van der Waals surface area contributed by atoms with Crippen molar-refractivity contribution >= 4 is 59.4 Å². The molecule has 0 aliphatic rings. The number of nitrogens with zero attached hydrogens (tertiary/aromatic N) is 3. The number of aryl methyl sites for hydroxylation is 1. The van der Waals surface area contributed by atoms with Gasteiger partial charge in [0, 0.05) is 19.9 Å². The molecule has 0 atom stereocenters. The maximum absolute atomic E-state index is 5.02. The number of rotatable bonds is 1. The number of hydrogen-bond donors (Lipinski definition) is 0. The van der Waals surface area contributed by atoms with Crippen molar-refractivity contribution < 1.29 is 0 Å². The molecule has 0 saturated carbocycles. The molecule has 2 aromatic heterocycles. The van der Waals surface area contributed by atoms with Crippen LogP contribution in [0.5, 0.6) is 0 Å². The fourth-order valence-electron chi connectivity index (χ4n) is 3.32. The summed E-state index contributed by atoms with van der Waals surface area (Å²) in [4.78, 5) is 9.93. The smallest absolute Gasteiger partial charge is 0.149 e. The van der Waals surface area contributed by atoms with Crippen LogP contribution in [0.4, 0.5) is 0 Å². The largest absolute Gasteiger partial charge is 0.276 e. The fraction of sp³-hybridized carbons (Fsp3) is 0.0476. The van der Waals surface area contributed by atoms with Gasteiger partial charge in [0.2, 0.25) is 0 Å². The lowest BCUT2D eigenvalue weighted by atomic mass is 10.1. The SMILES string of the molecule is Cc1ccc(-c2nc3c(Br)cc(Br)cc3c3nc4ccccc4n23)cc1. The summed E-state index contributed by atoms with van der Waals surface area (Å²) in [6.07, 6.45) is 0. The van der Waals surface area contributed by atoms with E-state index in [2.05, 4.69) is 79.6 Å². The normalized spacial score (nSPS) is 11.7. The zero-order valence-corrected chi connectivity index (χ0v) is 17.0. The Morgan fingerprint density at radius 3 is 2.46 bits per heavy atom. The van der Waals surface area contributed by atoms with E-state index in [1.54, 1.807) is 0 Å². The van der Waals surface area contributed by atoms with Crippen LogP contribution in [0.1, 0.15) is 5.56 Å². The molecule has 0 aliphatic carbocycles. The standard InChI is InChI=1S/C21H13Br2N3/c1-12-6-8-13(9-7-12)20-25-19-15(10-14(22)11-16(19)23)21-24-17-4-2-3-5-18(17)26(20)21/h2-11H,1H3. The summed E-state index contributed by atoms with van der Waals surface area (Å²) in [5, 5.41) is 1.01. The molecule has 0 saturated heterocycles. The molecule has 5 heteroatoms. The maximum Gasteiger partial charge on any atom is 0.149 e. The van der Waals surface area contributed by atoms with E-state index in [4.69, 9.17) is 9.97 Å². The summed E-state index contributed by atoms with van der Waals surface area (Å²) >= 11 is 7.26. The molecule has 0 bridgehead atoms. The number of aromatic nitrogens is 3. The molecule has 0 aliphatic heterocycles.